The van der Waals surface area contributed by atoms with Crippen LogP contribution in [0.5, 0.6) is 0 Å². The summed E-state index contributed by atoms with van der Waals surface area (Å²) in [5, 5.41) is 17.2. The molecule has 0 saturated carbocycles. The van der Waals surface area contributed by atoms with Crippen molar-refractivity contribution in [1.29, 1.82) is 0 Å². The van der Waals surface area contributed by atoms with Crippen LogP contribution in [0.1, 0.15) is 5.01 Å². The second-order valence-corrected chi connectivity index (χ2v) is 4.94. The minimum Gasteiger partial charge on any atom is -0.379 e. The molecule has 94 valence electrons. The van der Waals surface area contributed by atoms with E-state index in [0.29, 0.717) is 17.3 Å². The molecule has 0 aliphatic carbocycles. The van der Waals surface area contributed by atoms with E-state index < -0.39 is 4.92 Å². The number of aromatic nitrogens is 1. The number of nitrogens with one attached hydrogen (secondary N) is 1. The Labute approximate surface area is 113 Å². The molecule has 1 N–H and O–H groups in total. The zero-order valence-corrected chi connectivity index (χ0v) is 10.9. The van der Waals surface area contributed by atoms with Crippen LogP contribution in [0.2, 0.25) is 5.02 Å². The molecule has 0 aliphatic rings. The van der Waals surface area contributed by atoms with Gasteiger partial charge in [-0.25, -0.2) is 4.98 Å². The van der Waals surface area contributed by atoms with Crippen LogP contribution >= 0.6 is 22.9 Å². The van der Waals surface area contributed by atoms with E-state index in [9.17, 15) is 10.1 Å². The smallest absolute Gasteiger partial charge is 0.292 e. The van der Waals surface area contributed by atoms with E-state index in [1.807, 2.05) is 5.38 Å². The summed E-state index contributed by atoms with van der Waals surface area (Å²) < 4.78 is 0. The first-order chi connectivity index (χ1) is 8.66. The van der Waals surface area contributed by atoms with Crippen LogP contribution in [-0.4, -0.2) is 16.5 Å². The van der Waals surface area contributed by atoms with Crippen LogP contribution < -0.4 is 5.32 Å². The van der Waals surface area contributed by atoms with Crippen molar-refractivity contribution in [3.63, 3.8) is 0 Å². The fourth-order valence-corrected chi connectivity index (χ4v) is 2.28. The Balaban J connectivity index is 2.03. The van der Waals surface area contributed by atoms with E-state index in [1.54, 1.807) is 23.6 Å². The van der Waals surface area contributed by atoms with Gasteiger partial charge in [-0.1, -0.05) is 11.6 Å². The highest BCUT2D eigenvalue weighted by Crippen LogP contribution is 2.27. The number of nitro groups is 1. The Morgan fingerprint density at radius 3 is 3.00 bits per heavy atom. The van der Waals surface area contributed by atoms with E-state index in [-0.39, 0.29) is 5.69 Å². The van der Waals surface area contributed by atoms with Gasteiger partial charge < -0.3 is 5.32 Å². The van der Waals surface area contributed by atoms with Crippen LogP contribution in [0.3, 0.4) is 0 Å². The van der Waals surface area contributed by atoms with Gasteiger partial charge in [-0.15, -0.1) is 11.3 Å². The second kappa shape index (κ2) is 5.79. The first-order valence-electron chi connectivity index (χ1n) is 5.23. The Hall–Kier alpha value is -1.66. The van der Waals surface area contributed by atoms with E-state index in [2.05, 4.69) is 10.3 Å². The van der Waals surface area contributed by atoms with E-state index in [4.69, 9.17) is 11.6 Å². The summed E-state index contributed by atoms with van der Waals surface area (Å²) in [4.78, 5) is 14.5. The highest BCUT2D eigenvalue weighted by molar-refractivity contribution is 7.09. The quantitative estimate of drug-likeness (QED) is 0.675. The lowest BCUT2D eigenvalue weighted by Gasteiger charge is -2.06. The molecule has 0 atom stereocenters. The SMILES string of the molecule is O=[N+]([O-])c1ccc(Cl)cc1NCCc1nccs1. The number of nitrogens with zero attached hydrogens (tertiary/aromatic N) is 2. The molecule has 1 aromatic carbocycles. The predicted molar refractivity (Wildman–Crippen MR) is 72.4 cm³/mol. The van der Waals surface area contributed by atoms with Gasteiger partial charge in [0.2, 0.25) is 0 Å². The van der Waals surface area contributed by atoms with Gasteiger partial charge >= 0.3 is 0 Å². The second-order valence-electron chi connectivity index (χ2n) is 3.52. The van der Waals surface area contributed by atoms with Gasteiger partial charge in [0.15, 0.2) is 0 Å². The molecular formula is C11H10ClN3O2S. The molecule has 0 amide bonds. The van der Waals surface area contributed by atoms with Crippen LogP contribution in [0.4, 0.5) is 11.4 Å². The minimum absolute atomic E-state index is 0.0264. The van der Waals surface area contributed by atoms with Crippen molar-refractivity contribution in [2.24, 2.45) is 0 Å². The third-order valence-corrected chi connectivity index (χ3v) is 3.37. The number of benzene rings is 1. The normalized spacial score (nSPS) is 10.3. The number of rotatable bonds is 5. The third kappa shape index (κ3) is 3.18. The number of thiazole rings is 1. The topological polar surface area (TPSA) is 68.1 Å². The highest BCUT2D eigenvalue weighted by atomic mass is 35.5. The van der Waals surface area contributed by atoms with Crippen molar-refractivity contribution >= 4 is 34.3 Å². The summed E-state index contributed by atoms with van der Waals surface area (Å²) >= 11 is 7.39. The summed E-state index contributed by atoms with van der Waals surface area (Å²) in [6, 6.07) is 4.46. The lowest BCUT2D eigenvalue weighted by atomic mass is 10.2. The number of halogens is 1. The summed E-state index contributed by atoms with van der Waals surface area (Å²) in [5.74, 6) is 0. The number of hydrogen-bond donors (Lipinski definition) is 1. The van der Waals surface area contributed by atoms with Crippen molar-refractivity contribution < 1.29 is 4.92 Å². The Morgan fingerprint density at radius 1 is 1.50 bits per heavy atom. The molecule has 0 fully saturated rings. The van der Waals surface area contributed by atoms with Crippen LogP contribution in [-0.2, 0) is 6.42 Å². The molecule has 5 nitrogen and oxygen atoms in total. The van der Waals surface area contributed by atoms with Gasteiger partial charge in [0.05, 0.1) is 9.93 Å². The molecule has 2 rings (SSSR count). The first kappa shape index (κ1) is 12.8. The molecule has 0 aliphatic heterocycles. The summed E-state index contributed by atoms with van der Waals surface area (Å²) in [6.45, 7) is 0.578. The Bertz CT molecular complexity index is 545. The van der Waals surface area contributed by atoms with Crippen molar-refractivity contribution in [3.8, 4) is 0 Å². The Kier molecular flexibility index (Phi) is 4.11. The van der Waals surface area contributed by atoms with Crippen LogP contribution in [0.15, 0.2) is 29.8 Å². The van der Waals surface area contributed by atoms with Gasteiger partial charge in [-0.3, -0.25) is 10.1 Å². The van der Waals surface area contributed by atoms with Crippen LogP contribution in [0, 0.1) is 10.1 Å². The average molecular weight is 284 g/mol. The Morgan fingerprint density at radius 2 is 2.33 bits per heavy atom. The standard InChI is InChI=1S/C11H10ClN3O2S/c12-8-1-2-10(15(16)17)9(7-8)13-4-3-11-14-5-6-18-11/h1-2,5-7,13H,3-4H2. The molecule has 0 spiro atoms. The first-order valence-corrected chi connectivity index (χ1v) is 6.49. The van der Waals surface area contributed by atoms with E-state index >= 15 is 0 Å². The number of nitro benzene ring substituents is 1. The molecule has 18 heavy (non-hydrogen) atoms. The van der Waals surface area contributed by atoms with Crippen molar-refractivity contribution in [1.82, 2.24) is 4.98 Å². The summed E-state index contributed by atoms with van der Waals surface area (Å²) in [5.41, 5.74) is 0.461. The molecule has 1 heterocycles. The molecular weight excluding hydrogens is 274 g/mol. The lowest BCUT2D eigenvalue weighted by molar-refractivity contribution is -0.384. The minimum atomic E-state index is -0.429. The monoisotopic (exact) mass is 283 g/mol. The zero-order valence-electron chi connectivity index (χ0n) is 9.30. The van der Waals surface area contributed by atoms with Gasteiger partial charge in [0.1, 0.15) is 5.69 Å². The van der Waals surface area contributed by atoms with Crippen molar-refractivity contribution in [2.45, 2.75) is 6.42 Å². The summed E-state index contributed by atoms with van der Waals surface area (Å²) in [7, 11) is 0. The number of anilines is 1. The number of hydrogen-bond acceptors (Lipinski definition) is 5. The molecule has 0 unspecified atom stereocenters. The van der Waals surface area contributed by atoms with E-state index in [0.717, 1.165) is 11.4 Å². The lowest BCUT2D eigenvalue weighted by Crippen LogP contribution is -2.06. The molecule has 0 radical (unpaired) electrons. The molecule has 0 saturated heterocycles. The largest absolute Gasteiger partial charge is 0.379 e. The molecule has 1 aromatic heterocycles. The van der Waals surface area contributed by atoms with Gasteiger partial charge in [0.25, 0.3) is 5.69 Å². The van der Waals surface area contributed by atoms with Crippen LogP contribution in [0.25, 0.3) is 0 Å². The molecule has 0 bridgehead atoms. The molecule has 2 aromatic rings. The summed E-state index contributed by atoms with van der Waals surface area (Å²) in [6.07, 6.45) is 2.46. The fourth-order valence-electron chi connectivity index (χ4n) is 1.49. The van der Waals surface area contributed by atoms with Gasteiger partial charge in [0, 0.05) is 35.6 Å². The zero-order chi connectivity index (χ0) is 13.0. The highest BCUT2D eigenvalue weighted by Gasteiger charge is 2.13. The maximum Gasteiger partial charge on any atom is 0.292 e. The molecule has 7 heteroatoms. The third-order valence-electron chi connectivity index (χ3n) is 2.29. The van der Waals surface area contributed by atoms with Crippen molar-refractivity contribution in [3.05, 3.63) is 49.9 Å². The average Bonchev–Trinajstić information content (AvgIpc) is 2.82. The van der Waals surface area contributed by atoms with Gasteiger partial charge in [-0.2, -0.15) is 0 Å². The maximum atomic E-state index is 10.8. The fraction of sp³-hybridized carbons (Fsp3) is 0.182. The maximum absolute atomic E-state index is 10.8. The van der Waals surface area contributed by atoms with Crippen molar-refractivity contribution in [2.75, 3.05) is 11.9 Å². The van der Waals surface area contributed by atoms with Gasteiger partial charge in [-0.05, 0) is 12.1 Å². The predicted octanol–water partition coefficient (Wildman–Crippen LogP) is 3.36. The van der Waals surface area contributed by atoms with E-state index in [1.165, 1.54) is 12.1 Å².